The van der Waals surface area contributed by atoms with Crippen molar-refractivity contribution < 1.29 is 23.7 Å². The van der Waals surface area contributed by atoms with E-state index < -0.39 is 14.4 Å². The molecule has 194 valence electrons. The van der Waals surface area contributed by atoms with E-state index in [2.05, 4.69) is 54.7 Å². The summed E-state index contributed by atoms with van der Waals surface area (Å²) < 4.78 is 23.9. The average molecular weight is 493 g/mol. The van der Waals surface area contributed by atoms with Gasteiger partial charge in [-0.3, -0.25) is 0 Å². The summed E-state index contributed by atoms with van der Waals surface area (Å²) in [7, 11) is -0.499. The Labute approximate surface area is 209 Å². The second-order valence-corrected chi connectivity index (χ2v) is 15.3. The van der Waals surface area contributed by atoms with Crippen LogP contribution in [0.1, 0.15) is 59.9 Å². The van der Waals surface area contributed by atoms with Crippen LogP contribution in [0.5, 0.6) is 5.75 Å². The lowest BCUT2D eigenvalue weighted by Gasteiger charge is -2.46. The number of methoxy groups -OCH3 is 1. The second kappa shape index (κ2) is 15.5. The van der Waals surface area contributed by atoms with E-state index in [4.69, 9.17) is 18.6 Å². The highest BCUT2D eigenvalue weighted by Gasteiger charge is 2.48. The lowest BCUT2D eigenvalue weighted by atomic mass is 9.92. The molecule has 3 atom stereocenters. The maximum absolute atomic E-state index is 11.0. The third kappa shape index (κ3) is 8.65. The zero-order valence-electron chi connectivity index (χ0n) is 22.5. The zero-order chi connectivity index (χ0) is 25.7. The van der Waals surface area contributed by atoms with E-state index >= 15 is 0 Å². The van der Waals surface area contributed by atoms with Crippen LogP contribution in [0.4, 0.5) is 0 Å². The number of aliphatic hydroxyl groups excluding tert-OH is 1. The van der Waals surface area contributed by atoms with Gasteiger partial charge in [0.15, 0.2) is 0 Å². The van der Waals surface area contributed by atoms with Crippen molar-refractivity contribution in [2.75, 3.05) is 20.5 Å². The van der Waals surface area contributed by atoms with Crippen molar-refractivity contribution in [3.05, 3.63) is 55.1 Å². The largest absolute Gasteiger partial charge is 0.497 e. The van der Waals surface area contributed by atoms with Gasteiger partial charge in [0.25, 0.3) is 0 Å². The predicted molar refractivity (Wildman–Crippen MR) is 144 cm³/mol. The molecule has 0 heterocycles. The van der Waals surface area contributed by atoms with Gasteiger partial charge in [0.05, 0.1) is 32.5 Å². The van der Waals surface area contributed by atoms with Crippen LogP contribution in [0, 0.1) is 5.92 Å². The van der Waals surface area contributed by atoms with E-state index in [1.165, 1.54) is 0 Å². The SMILES string of the molecule is C=CC[C@H](O[Si](C(C)C)(C(C)C)C(C)C)[C@@H](COCOCc1ccc(OC)cc1)[C@@H](O)CC=C. The maximum Gasteiger partial charge on any atom is 0.200 e. The van der Waals surface area contributed by atoms with Gasteiger partial charge in [0.2, 0.25) is 8.32 Å². The van der Waals surface area contributed by atoms with Gasteiger partial charge >= 0.3 is 0 Å². The molecule has 1 aromatic rings. The van der Waals surface area contributed by atoms with Crippen LogP contribution in [0.25, 0.3) is 0 Å². The molecule has 0 unspecified atom stereocenters. The first kappa shape index (κ1) is 30.6. The van der Waals surface area contributed by atoms with E-state index in [9.17, 15) is 5.11 Å². The molecule has 0 radical (unpaired) electrons. The Kier molecular flexibility index (Phi) is 14.0. The summed E-state index contributed by atoms with van der Waals surface area (Å²) >= 11 is 0. The molecule has 0 aliphatic rings. The number of hydrogen-bond donors (Lipinski definition) is 1. The van der Waals surface area contributed by atoms with Gasteiger partial charge in [-0.2, -0.15) is 0 Å². The van der Waals surface area contributed by atoms with Crippen LogP contribution in [-0.4, -0.2) is 46.1 Å². The second-order valence-electron chi connectivity index (χ2n) is 9.94. The Morgan fingerprint density at radius 1 is 0.882 bits per heavy atom. The normalized spacial score (nSPS) is 14.9. The predicted octanol–water partition coefficient (Wildman–Crippen LogP) is 6.88. The monoisotopic (exact) mass is 492 g/mol. The summed E-state index contributed by atoms with van der Waals surface area (Å²) in [5, 5.41) is 11.0. The number of ether oxygens (including phenoxy) is 3. The van der Waals surface area contributed by atoms with Crippen molar-refractivity contribution in [3.63, 3.8) is 0 Å². The number of aliphatic hydroxyl groups is 1. The highest BCUT2D eigenvalue weighted by atomic mass is 28.4. The molecule has 34 heavy (non-hydrogen) atoms. The molecule has 0 aliphatic carbocycles. The minimum atomic E-state index is -2.15. The third-order valence-electron chi connectivity index (χ3n) is 6.75. The molecule has 1 N–H and O–H groups in total. The molecule has 1 rings (SSSR count). The van der Waals surface area contributed by atoms with Crippen molar-refractivity contribution in [1.82, 2.24) is 0 Å². The Hall–Kier alpha value is -1.44. The van der Waals surface area contributed by atoms with Crippen molar-refractivity contribution in [3.8, 4) is 5.75 Å². The first-order chi connectivity index (χ1) is 16.1. The number of benzene rings is 1. The standard InChI is InChI=1S/C28H48O5Si/c1-10-12-27(29)26(19-32-20-31-18-24-14-16-25(30-9)17-15-24)28(13-11-2)33-34(21(3)4,22(5)6)23(7)8/h10-11,14-17,21-23,26-29H,1-2,12-13,18-20H2,3-9H3/t26-,27-,28-/m0/s1. The Morgan fingerprint density at radius 3 is 1.91 bits per heavy atom. The molecular formula is C28H48O5Si. The zero-order valence-corrected chi connectivity index (χ0v) is 23.5. The summed E-state index contributed by atoms with van der Waals surface area (Å²) in [5.74, 6) is 0.611. The lowest BCUT2D eigenvalue weighted by molar-refractivity contribution is -0.101. The molecule has 6 heteroatoms. The minimum Gasteiger partial charge on any atom is -0.497 e. The van der Waals surface area contributed by atoms with Crippen molar-refractivity contribution in [2.45, 2.75) is 89.8 Å². The highest BCUT2D eigenvalue weighted by Crippen LogP contribution is 2.44. The molecule has 5 nitrogen and oxygen atoms in total. The fourth-order valence-corrected chi connectivity index (χ4v) is 10.7. The Balaban J connectivity index is 2.91. The highest BCUT2D eigenvalue weighted by molar-refractivity contribution is 6.77. The van der Waals surface area contributed by atoms with Gasteiger partial charge in [0.1, 0.15) is 12.5 Å². The quantitative estimate of drug-likeness (QED) is 0.105. The number of hydrogen-bond acceptors (Lipinski definition) is 5. The summed E-state index contributed by atoms with van der Waals surface area (Å²) in [5.41, 5.74) is 2.39. The fraction of sp³-hybridized carbons (Fsp3) is 0.643. The molecule has 0 amide bonds. The topological polar surface area (TPSA) is 57.2 Å². The van der Waals surface area contributed by atoms with Crippen molar-refractivity contribution >= 4 is 8.32 Å². The van der Waals surface area contributed by atoms with Crippen LogP contribution in [0.15, 0.2) is 49.6 Å². The van der Waals surface area contributed by atoms with E-state index in [0.29, 0.717) is 42.7 Å². The number of rotatable bonds is 18. The minimum absolute atomic E-state index is 0.144. The summed E-state index contributed by atoms with van der Waals surface area (Å²) in [4.78, 5) is 0. The molecule has 0 saturated heterocycles. The lowest BCUT2D eigenvalue weighted by Crippen LogP contribution is -2.53. The van der Waals surface area contributed by atoms with Crippen LogP contribution in [0.2, 0.25) is 16.6 Å². The molecule has 0 bridgehead atoms. The maximum atomic E-state index is 11.0. The molecule has 0 saturated carbocycles. The van der Waals surface area contributed by atoms with Gasteiger partial charge in [-0.05, 0) is 47.2 Å². The fourth-order valence-electron chi connectivity index (χ4n) is 5.08. The van der Waals surface area contributed by atoms with Gasteiger partial charge in [0, 0.05) is 5.92 Å². The first-order valence-corrected chi connectivity index (χ1v) is 14.6. The molecule has 0 aromatic heterocycles. The molecule has 0 fully saturated rings. The molecular weight excluding hydrogens is 444 g/mol. The first-order valence-electron chi connectivity index (χ1n) is 12.5. The molecule has 1 aromatic carbocycles. The van der Waals surface area contributed by atoms with Gasteiger partial charge in [-0.25, -0.2) is 0 Å². The Bertz CT molecular complexity index is 679. The molecule has 0 aliphatic heterocycles. The van der Waals surface area contributed by atoms with Crippen molar-refractivity contribution in [1.29, 1.82) is 0 Å². The van der Waals surface area contributed by atoms with Crippen molar-refractivity contribution in [2.24, 2.45) is 5.92 Å². The molecule has 0 spiro atoms. The Morgan fingerprint density at radius 2 is 1.44 bits per heavy atom. The summed E-state index contributed by atoms with van der Waals surface area (Å²) in [6.45, 7) is 22.4. The van der Waals surface area contributed by atoms with E-state index in [0.717, 1.165) is 11.3 Å². The van der Waals surface area contributed by atoms with Crippen LogP contribution in [0.3, 0.4) is 0 Å². The van der Waals surface area contributed by atoms with Gasteiger partial charge in [-0.15, -0.1) is 13.2 Å². The van der Waals surface area contributed by atoms with E-state index in [1.807, 2.05) is 30.3 Å². The van der Waals surface area contributed by atoms with Gasteiger partial charge < -0.3 is 23.7 Å². The summed E-state index contributed by atoms with van der Waals surface area (Å²) in [6.07, 6.45) is 4.00. The van der Waals surface area contributed by atoms with E-state index in [-0.39, 0.29) is 18.8 Å². The third-order valence-corrected chi connectivity index (χ3v) is 12.9. The summed E-state index contributed by atoms with van der Waals surface area (Å²) in [6, 6.07) is 7.76. The van der Waals surface area contributed by atoms with Crippen LogP contribution in [-0.2, 0) is 20.5 Å². The average Bonchev–Trinajstić information content (AvgIpc) is 2.79. The van der Waals surface area contributed by atoms with Crippen LogP contribution < -0.4 is 4.74 Å². The van der Waals surface area contributed by atoms with Gasteiger partial charge in [-0.1, -0.05) is 65.8 Å². The smallest absolute Gasteiger partial charge is 0.200 e. The van der Waals surface area contributed by atoms with Crippen LogP contribution >= 0.6 is 0 Å². The van der Waals surface area contributed by atoms with E-state index in [1.54, 1.807) is 13.2 Å².